The summed E-state index contributed by atoms with van der Waals surface area (Å²) in [5.41, 5.74) is 1.27. The van der Waals surface area contributed by atoms with Crippen molar-refractivity contribution < 1.29 is 72.9 Å². The van der Waals surface area contributed by atoms with Crippen LogP contribution in [0, 0.1) is 47.3 Å². The second-order valence-electron chi connectivity index (χ2n) is 22.5. The summed E-state index contributed by atoms with van der Waals surface area (Å²) in [5.74, 6) is -7.49. The third kappa shape index (κ3) is 15.8. The minimum atomic E-state index is -2.43. The summed E-state index contributed by atoms with van der Waals surface area (Å²) in [7, 11) is 4.52. The summed E-state index contributed by atoms with van der Waals surface area (Å²) >= 11 is 0. The van der Waals surface area contributed by atoms with Crippen LogP contribution in [0.25, 0.3) is 0 Å². The molecule has 6 rings (SSSR count). The fraction of sp³-hybridized carbons (Fsp3) is 0.754. The van der Waals surface area contributed by atoms with Gasteiger partial charge in [0.1, 0.15) is 36.2 Å². The molecule has 0 radical (unpaired) electrons. The molecule has 0 aromatic carbocycles. The number of aliphatic carboxylic acids is 1. The van der Waals surface area contributed by atoms with Crippen LogP contribution < -0.4 is 5.32 Å². The van der Waals surface area contributed by atoms with Gasteiger partial charge in [-0.15, -0.1) is 0 Å². The van der Waals surface area contributed by atoms with Crippen molar-refractivity contribution in [1.29, 1.82) is 0 Å². The van der Waals surface area contributed by atoms with E-state index >= 15 is 0 Å². The van der Waals surface area contributed by atoms with Crippen molar-refractivity contribution in [2.24, 2.45) is 47.3 Å². The Morgan fingerprint density at radius 1 is 0.878 bits per heavy atom. The summed E-state index contributed by atoms with van der Waals surface area (Å²) in [4.78, 5) is 82.1. The zero-order valence-electron chi connectivity index (χ0n) is 45.6. The Balaban J connectivity index is 0.00000100. The summed E-state index contributed by atoms with van der Waals surface area (Å²) in [6.07, 6.45) is 12.3. The van der Waals surface area contributed by atoms with Crippen molar-refractivity contribution in [3.05, 3.63) is 47.6 Å². The highest BCUT2D eigenvalue weighted by Gasteiger charge is 2.53. The standard InChI is InChI=1S/C51H79NO13.C6H9NO2/c1-30-16-12-11-13-17-31(2)42(61-8)28-38-21-19-36(7)51(60,65-38)48(57)49(58)52-23-15-14-18-39(52)50(59)64-43(33(4)26-37-20-22-40(53)44(27-37)62-9)29-41(54)32(3)25-35(6)46(56)47(63-10)45(55)34(5)24-30;8-6(9)5-4-1-3(4)2-7-5/h11-13,16-17,25,30,32-34,36-40,42-44,46-47,53,56,60H,14-15,18-24,26-29H2,1-10H3;3-5,7H,1-2H2,(H,8,9)/b13-11+,16-12+,31-17+,35-25+;/t30-,32-,33-,34-,36-,37+,38+,39+,40-,42+,43+,44-,46-,47+,51-;/m1./s1. The number of amides is 1. The average molecular weight is 1040 g/mol. The Morgan fingerprint density at radius 3 is 2.23 bits per heavy atom. The molecule has 17 nitrogen and oxygen atoms in total. The van der Waals surface area contributed by atoms with E-state index in [0.29, 0.717) is 75.2 Å². The van der Waals surface area contributed by atoms with Crippen molar-refractivity contribution in [3.8, 4) is 0 Å². The van der Waals surface area contributed by atoms with Crippen LogP contribution >= 0.6 is 0 Å². The maximum Gasteiger partial charge on any atom is 0.329 e. The largest absolute Gasteiger partial charge is 0.480 e. The van der Waals surface area contributed by atoms with Gasteiger partial charge in [0.2, 0.25) is 5.79 Å². The molecule has 0 aromatic heterocycles. The number of Topliss-reactive ketones (excluding diaryl/α,β-unsaturated/α-hetero) is 3. The molecule has 6 aliphatic rings. The van der Waals surface area contributed by atoms with E-state index in [0.717, 1.165) is 25.0 Å². The van der Waals surface area contributed by atoms with E-state index in [9.17, 15) is 44.1 Å². The number of ether oxygens (including phenoxy) is 5. The highest BCUT2D eigenvalue weighted by atomic mass is 16.6. The van der Waals surface area contributed by atoms with Crippen molar-refractivity contribution in [3.63, 3.8) is 0 Å². The van der Waals surface area contributed by atoms with Gasteiger partial charge >= 0.3 is 11.9 Å². The first-order chi connectivity index (χ1) is 35.0. The number of nitrogens with one attached hydrogen (secondary N) is 1. The number of aliphatic hydroxyl groups excluding tert-OH is 2. The number of piperidine rings is 2. The van der Waals surface area contributed by atoms with Crippen LogP contribution in [0.5, 0.6) is 0 Å². The van der Waals surface area contributed by atoms with Crippen LogP contribution in [0.2, 0.25) is 0 Å². The van der Waals surface area contributed by atoms with Crippen LogP contribution in [-0.4, -0.2) is 156 Å². The van der Waals surface area contributed by atoms with Gasteiger partial charge in [-0.1, -0.05) is 71.1 Å². The molecule has 74 heavy (non-hydrogen) atoms. The van der Waals surface area contributed by atoms with E-state index in [1.165, 1.54) is 12.0 Å². The molecule has 2 saturated carbocycles. The molecule has 3 saturated heterocycles. The van der Waals surface area contributed by atoms with Gasteiger partial charge in [-0.25, -0.2) is 4.79 Å². The average Bonchev–Trinajstić information content (AvgIpc) is 4.02. The number of rotatable bonds is 7. The second kappa shape index (κ2) is 27.9. The van der Waals surface area contributed by atoms with Crippen molar-refractivity contribution >= 4 is 35.2 Å². The van der Waals surface area contributed by atoms with E-state index in [2.05, 4.69) is 5.32 Å². The van der Waals surface area contributed by atoms with Crippen molar-refractivity contribution in [2.75, 3.05) is 34.4 Å². The summed E-state index contributed by atoms with van der Waals surface area (Å²) in [5, 5.41) is 45.3. The van der Waals surface area contributed by atoms with Crippen molar-refractivity contribution in [2.45, 2.75) is 193 Å². The van der Waals surface area contributed by atoms with Gasteiger partial charge in [-0.3, -0.25) is 24.0 Å². The number of aliphatic hydroxyl groups is 3. The quantitative estimate of drug-likeness (QED) is 0.114. The lowest BCUT2D eigenvalue weighted by Crippen LogP contribution is -2.61. The van der Waals surface area contributed by atoms with E-state index in [1.54, 1.807) is 41.1 Å². The number of esters is 1. The van der Waals surface area contributed by atoms with Gasteiger partial charge in [0.25, 0.3) is 11.7 Å². The minimum absolute atomic E-state index is 0.0193. The Bertz CT molecular complexity index is 2070. The smallest absolute Gasteiger partial charge is 0.329 e. The Labute approximate surface area is 438 Å². The van der Waals surface area contributed by atoms with E-state index in [4.69, 9.17) is 28.8 Å². The maximum absolute atomic E-state index is 14.4. The van der Waals surface area contributed by atoms with Crippen LogP contribution in [0.3, 0.4) is 0 Å². The van der Waals surface area contributed by atoms with Gasteiger partial charge in [0.05, 0.1) is 24.4 Å². The number of hydrogen-bond acceptors (Lipinski definition) is 15. The van der Waals surface area contributed by atoms with Crippen LogP contribution in [0.1, 0.15) is 132 Å². The van der Waals surface area contributed by atoms with E-state index in [1.807, 2.05) is 58.1 Å². The predicted octanol–water partition coefficient (Wildman–Crippen LogP) is 5.86. The molecule has 5 N–H and O–H groups in total. The third-order valence-corrected chi connectivity index (χ3v) is 16.8. The number of carboxylic acids is 1. The highest BCUT2D eigenvalue weighted by Crippen LogP contribution is 2.45. The fourth-order valence-corrected chi connectivity index (χ4v) is 11.7. The first-order valence-electron chi connectivity index (χ1n) is 27.2. The SMILES string of the molecule is CO[C@H]1C[C@@H]2CC[C@@H](C)[C@@](O)(O2)C(=O)C(=O)N2CCCC[C@H]2C(=O)O[C@H]([C@H](C)C[C@@H]2CC[C@@H](O)[C@H](OC)C2)CC(=O)[C@H](C)/C=C(\C)[C@@H](O)[C@@H](OC)C(=O)[C@H](C)C[C@H](C)/C=C/C=C/C=C/1C.O=C(O)C1NCC2CC21. The van der Waals surface area contributed by atoms with Crippen LogP contribution in [-0.2, 0) is 52.5 Å². The zero-order chi connectivity index (χ0) is 54.6. The molecule has 416 valence electrons. The molecule has 2 bridgehead atoms. The lowest BCUT2D eigenvalue weighted by Gasteiger charge is -2.42. The van der Waals surface area contributed by atoms with Gasteiger partial charge in [-0.05, 0) is 132 Å². The van der Waals surface area contributed by atoms with E-state index < -0.39 is 89.8 Å². The number of carbonyl (C=O) groups excluding carboxylic acids is 5. The first-order valence-corrected chi connectivity index (χ1v) is 27.2. The number of nitrogens with zero attached hydrogens (tertiary/aromatic N) is 1. The van der Waals surface area contributed by atoms with Gasteiger partial charge < -0.3 is 54.3 Å². The molecular formula is C57H88N2O15. The topological polar surface area (TPSA) is 245 Å². The summed E-state index contributed by atoms with van der Waals surface area (Å²) in [6.45, 7) is 13.7. The molecule has 17 heteroatoms. The Hall–Kier alpha value is -3.94. The maximum atomic E-state index is 14.4. The Kier molecular flexibility index (Phi) is 23.0. The molecule has 0 spiro atoms. The Morgan fingerprint density at radius 2 is 1.61 bits per heavy atom. The van der Waals surface area contributed by atoms with Gasteiger partial charge in [0, 0.05) is 58.5 Å². The normalized spacial score (nSPS) is 41.1. The molecule has 3 unspecified atom stereocenters. The third-order valence-electron chi connectivity index (χ3n) is 16.8. The highest BCUT2D eigenvalue weighted by molar-refractivity contribution is 6.39. The fourth-order valence-electron chi connectivity index (χ4n) is 11.7. The number of ketones is 3. The number of fused-ring (bicyclic) bond motifs is 4. The molecule has 2 aliphatic carbocycles. The first kappa shape index (κ1) is 60.9. The zero-order valence-corrected chi connectivity index (χ0v) is 45.6. The molecule has 0 aromatic rings. The molecule has 5 fully saturated rings. The number of methoxy groups -OCH3 is 3. The lowest BCUT2D eigenvalue weighted by molar-refractivity contribution is -0.265. The molecule has 18 atom stereocenters. The van der Waals surface area contributed by atoms with Crippen LogP contribution in [0.4, 0.5) is 0 Å². The number of hydrogen-bond donors (Lipinski definition) is 5. The molecular weight excluding hydrogens is 953 g/mol. The van der Waals surface area contributed by atoms with Crippen LogP contribution in [0.15, 0.2) is 47.6 Å². The lowest BCUT2D eigenvalue weighted by atomic mass is 9.78. The van der Waals surface area contributed by atoms with Gasteiger partial charge in [0.15, 0.2) is 5.78 Å². The van der Waals surface area contributed by atoms with Crippen molar-refractivity contribution in [1.82, 2.24) is 10.2 Å². The molecule has 4 aliphatic heterocycles. The number of carboxylic acid groups (broad SMARTS) is 1. The molecule has 4 heterocycles. The number of cyclic esters (lactones) is 1. The number of allylic oxidation sites excluding steroid dienone is 6. The monoisotopic (exact) mass is 1040 g/mol. The van der Waals surface area contributed by atoms with E-state index in [-0.39, 0.29) is 60.9 Å². The predicted molar refractivity (Wildman–Crippen MR) is 276 cm³/mol. The number of carbonyl (C=O) groups is 6. The minimum Gasteiger partial charge on any atom is -0.480 e. The summed E-state index contributed by atoms with van der Waals surface area (Å²) < 4.78 is 29.4. The second-order valence-corrected chi connectivity index (χ2v) is 22.5. The summed E-state index contributed by atoms with van der Waals surface area (Å²) in [6, 6.07) is -1.37. The molecule has 1 amide bonds. The van der Waals surface area contributed by atoms with Gasteiger partial charge in [-0.2, -0.15) is 0 Å².